The summed E-state index contributed by atoms with van der Waals surface area (Å²) in [4.78, 5) is 21.8. The number of hydrogen-bond acceptors (Lipinski definition) is 4. The molecule has 126 valence electrons. The molecule has 2 N–H and O–H groups in total. The standard InChI is InChI=1S/C19H18N4OS/c24-18(23-19-21-12-17(25-19)14-3-1-4-14)22-16-8-6-13(7-9-16)15-5-2-10-20-11-15/h2,5-12,14H,1,3-4H2,(H2,21,22,23,24). The Morgan fingerprint density at radius 1 is 1.04 bits per heavy atom. The molecule has 0 unspecified atom stereocenters. The van der Waals surface area contributed by atoms with Gasteiger partial charge in [-0.1, -0.05) is 24.6 Å². The van der Waals surface area contributed by atoms with Crippen molar-refractivity contribution in [1.82, 2.24) is 9.97 Å². The highest BCUT2D eigenvalue weighted by Crippen LogP contribution is 2.39. The van der Waals surface area contributed by atoms with Gasteiger partial charge in [0, 0.05) is 29.2 Å². The van der Waals surface area contributed by atoms with Gasteiger partial charge in [0.05, 0.1) is 0 Å². The topological polar surface area (TPSA) is 66.9 Å². The third-order valence-corrected chi connectivity index (χ3v) is 5.46. The second-order valence-electron chi connectivity index (χ2n) is 6.09. The molecule has 0 bridgehead atoms. The fourth-order valence-corrected chi connectivity index (χ4v) is 3.75. The summed E-state index contributed by atoms with van der Waals surface area (Å²) in [6.45, 7) is 0. The maximum Gasteiger partial charge on any atom is 0.325 e. The summed E-state index contributed by atoms with van der Waals surface area (Å²) in [7, 11) is 0. The monoisotopic (exact) mass is 350 g/mol. The highest BCUT2D eigenvalue weighted by Gasteiger charge is 2.22. The minimum Gasteiger partial charge on any atom is -0.308 e. The molecular formula is C19H18N4OS. The van der Waals surface area contributed by atoms with E-state index in [1.807, 2.05) is 48.8 Å². The fraction of sp³-hybridized carbons (Fsp3) is 0.211. The zero-order chi connectivity index (χ0) is 17.1. The van der Waals surface area contributed by atoms with Crippen molar-refractivity contribution in [3.8, 4) is 11.1 Å². The van der Waals surface area contributed by atoms with Crippen molar-refractivity contribution in [2.75, 3.05) is 10.6 Å². The number of urea groups is 1. The lowest BCUT2D eigenvalue weighted by atomic mass is 9.85. The molecular weight excluding hydrogens is 332 g/mol. The Morgan fingerprint density at radius 2 is 1.88 bits per heavy atom. The summed E-state index contributed by atoms with van der Waals surface area (Å²) in [6, 6.07) is 11.3. The van der Waals surface area contributed by atoms with Crippen LogP contribution in [0.1, 0.15) is 30.1 Å². The number of hydrogen-bond donors (Lipinski definition) is 2. The van der Waals surface area contributed by atoms with E-state index in [0.717, 1.165) is 16.8 Å². The number of rotatable bonds is 4. The van der Waals surface area contributed by atoms with E-state index in [1.165, 1.54) is 24.1 Å². The molecule has 1 saturated carbocycles. The van der Waals surface area contributed by atoms with Gasteiger partial charge in [-0.2, -0.15) is 0 Å². The molecule has 25 heavy (non-hydrogen) atoms. The number of pyridine rings is 1. The molecule has 1 aromatic carbocycles. The molecule has 4 rings (SSSR count). The van der Waals surface area contributed by atoms with Crippen molar-refractivity contribution in [2.45, 2.75) is 25.2 Å². The summed E-state index contributed by atoms with van der Waals surface area (Å²) >= 11 is 1.57. The smallest absolute Gasteiger partial charge is 0.308 e. The van der Waals surface area contributed by atoms with Crippen LogP contribution in [0.3, 0.4) is 0 Å². The average molecular weight is 350 g/mol. The van der Waals surface area contributed by atoms with Gasteiger partial charge in [0.25, 0.3) is 0 Å². The molecule has 5 nitrogen and oxygen atoms in total. The first-order valence-corrected chi connectivity index (χ1v) is 9.14. The first kappa shape index (κ1) is 15.8. The first-order valence-electron chi connectivity index (χ1n) is 8.32. The minimum absolute atomic E-state index is 0.274. The molecule has 0 aliphatic heterocycles. The Morgan fingerprint density at radius 3 is 2.56 bits per heavy atom. The van der Waals surface area contributed by atoms with E-state index >= 15 is 0 Å². The van der Waals surface area contributed by atoms with Gasteiger partial charge in [0.2, 0.25) is 0 Å². The molecule has 6 heteroatoms. The highest BCUT2D eigenvalue weighted by atomic mass is 32.1. The van der Waals surface area contributed by atoms with E-state index in [0.29, 0.717) is 11.0 Å². The van der Waals surface area contributed by atoms with Crippen LogP contribution in [0.25, 0.3) is 11.1 Å². The summed E-state index contributed by atoms with van der Waals surface area (Å²) in [6.07, 6.45) is 9.21. The number of carbonyl (C=O) groups is 1. The molecule has 2 amide bonds. The zero-order valence-corrected chi connectivity index (χ0v) is 14.4. The summed E-state index contributed by atoms with van der Waals surface area (Å²) < 4.78 is 0. The van der Waals surface area contributed by atoms with Crippen molar-refractivity contribution in [2.24, 2.45) is 0 Å². The number of nitrogens with zero attached hydrogens (tertiary/aromatic N) is 2. The fourth-order valence-electron chi connectivity index (χ4n) is 2.76. The molecule has 0 saturated heterocycles. The number of amides is 2. The minimum atomic E-state index is -0.274. The Labute approximate surface area is 150 Å². The van der Waals surface area contributed by atoms with E-state index in [9.17, 15) is 4.79 Å². The second-order valence-corrected chi connectivity index (χ2v) is 7.16. The zero-order valence-electron chi connectivity index (χ0n) is 13.6. The quantitative estimate of drug-likeness (QED) is 0.686. The Bertz CT molecular complexity index is 857. The van der Waals surface area contributed by atoms with Gasteiger partial charge in [-0.25, -0.2) is 9.78 Å². The van der Waals surface area contributed by atoms with E-state index in [-0.39, 0.29) is 6.03 Å². The molecule has 1 fully saturated rings. The largest absolute Gasteiger partial charge is 0.325 e. The SMILES string of the molecule is O=C(Nc1ccc(-c2cccnc2)cc1)Nc1ncc(C2CCC2)s1. The number of aromatic nitrogens is 2. The Hall–Kier alpha value is -2.73. The maximum absolute atomic E-state index is 12.1. The van der Waals surface area contributed by atoms with Gasteiger partial charge < -0.3 is 5.32 Å². The number of benzene rings is 1. The predicted molar refractivity (Wildman–Crippen MR) is 101 cm³/mol. The lowest BCUT2D eigenvalue weighted by molar-refractivity contribution is 0.262. The average Bonchev–Trinajstić information content (AvgIpc) is 3.02. The van der Waals surface area contributed by atoms with Crippen molar-refractivity contribution in [3.63, 3.8) is 0 Å². The molecule has 2 heterocycles. The van der Waals surface area contributed by atoms with Crippen LogP contribution in [0, 0.1) is 0 Å². The first-order chi connectivity index (χ1) is 12.3. The number of anilines is 2. The lowest BCUT2D eigenvalue weighted by Gasteiger charge is -2.23. The van der Waals surface area contributed by atoms with Crippen LogP contribution in [-0.2, 0) is 0 Å². The van der Waals surface area contributed by atoms with Gasteiger partial charge in [-0.3, -0.25) is 10.3 Å². The van der Waals surface area contributed by atoms with Gasteiger partial charge in [0.1, 0.15) is 0 Å². The number of carbonyl (C=O) groups excluding carboxylic acids is 1. The van der Waals surface area contributed by atoms with Crippen molar-refractivity contribution >= 4 is 28.2 Å². The predicted octanol–water partition coefficient (Wildman–Crippen LogP) is 5.12. The molecule has 1 aliphatic rings. The molecule has 0 spiro atoms. The Kier molecular flexibility index (Phi) is 4.43. The molecule has 1 aliphatic carbocycles. The van der Waals surface area contributed by atoms with E-state index in [1.54, 1.807) is 17.5 Å². The van der Waals surface area contributed by atoms with Crippen molar-refractivity contribution in [1.29, 1.82) is 0 Å². The Balaban J connectivity index is 1.36. The van der Waals surface area contributed by atoms with Crippen LogP contribution in [0.5, 0.6) is 0 Å². The summed E-state index contributed by atoms with van der Waals surface area (Å²) in [5, 5.41) is 6.29. The summed E-state index contributed by atoms with van der Waals surface area (Å²) in [5.74, 6) is 0.635. The molecule has 2 aromatic heterocycles. The van der Waals surface area contributed by atoms with Gasteiger partial charge in [0.15, 0.2) is 5.13 Å². The number of nitrogens with one attached hydrogen (secondary N) is 2. The lowest BCUT2D eigenvalue weighted by Crippen LogP contribution is -2.19. The van der Waals surface area contributed by atoms with E-state index in [4.69, 9.17) is 0 Å². The molecule has 0 radical (unpaired) electrons. The molecule has 3 aromatic rings. The van der Waals surface area contributed by atoms with Crippen molar-refractivity contribution in [3.05, 3.63) is 59.9 Å². The second kappa shape index (κ2) is 7.03. The normalized spacial score (nSPS) is 13.9. The maximum atomic E-state index is 12.1. The van der Waals surface area contributed by atoms with Crippen LogP contribution in [0.15, 0.2) is 55.0 Å². The van der Waals surface area contributed by atoms with Crippen LogP contribution in [0.2, 0.25) is 0 Å². The third-order valence-electron chi connectivity index (χ3n) is 4.39. The van der Waals surface area contributed by atoms with Crippen LogP contribution in [-0.4, -0.2) is 16.0 Å². The highest BCUT2D eigenvalue weighted by molar-refractivity contribution is 7.15. The van der Waals surface area contributed by atoms with Gasteiger partial charge >= 0.3 is 6.03 Å². The van der Waals surface area contributed by atoms with Crippen LogP contribution < -0.4 is 10.6 Å². The van der Waals surface area contributed by atoms with Gasteiger partial charge in [-0.05, 0) is 48.1 Å². The molecule has 0 atom stereocenters. The van der Waals surface area contributed by atoms with E-state index < -0.39 is 0 Å². The summed E-state index contributed by atoms with van der Waals surface area (Å²) in [5.41, 5.74) is 2.84. The van der Waals surface area contributed by atoms with E-state index in [2.05, 4.69) is 20.6 Å². The van der Waals surface area contributed by atoms with Crippen LogP contribution in [0.4, 0.5) is 15.6 Å². The number of thiazole rings is 1. The van der Waals surface area contributed by atoms with Crippen molar-refractivity contribution < 1.29 is 4.79 Å². The van der Waals surface area contributed by atoms with Gasteiger partial charge in [-0.15, -0.1) is 11.3 Å². The third kappa shape index (κ3) is 3.69. The van der Waals surface area contributed by atoms with Crippen LogP contribution >= 0.6 is 11.3 Å².